The Balaban J connectivity index is 0.0000183. The van der Waals surface area contributed by atoms with Gasteiger partial charge in [0, 0.05) is 83.8 Å². The first-order valence-corrected chi connectivity index (χ1v) is 29.3. The molecule has 2 fully saturated rings. The smallest absolute Gasteiger partial charge is 0.847 e. The molecule has 73 heavy (non-hydrogen) atoms. The van der Waals surface area contributed by atoms with Crippen LogP contribution in [-0.2, 0) is 53.7 Å². The number of rotatable bonds is 24. The standard InChI is InChI=1S/C41H69N12O16P3.Ga/c42-41(43)45-13-6-10-30-38(61)48-31(39(62)49-32(21-29-7-2-1-3-8-29)40(63)50-33(22-36(58)59)37(60)46-23-35(57)47-30)9-4-5-12-44-34(56)11-20-70(64,65)24-51-14-16-52(25-71(66,67)27-54)18-19-53(17-15-51)26-72(68,69)28-55;/h1-3,7-8,30-33H,4-6,9-28H2,(H,44,56)(H,46,60)(H,47,57)(H,48,61)(H,49,62)(H,50,63)(H,58,59)(H,64,65)(H,66,67)(H,68,69)(H4,42,43,45);/q-2;+3/p-1/t30-,31-,32+,33+;/m1./s1/i;1-3. The van der Waals surface area contributed by atoms with Crippen molar-refractivity contribution in [2.24, 2.45) is 16.5 Å². The Bertz CT molecular complexity index is 2140. The zero-order valence-electron chi connectivity index (χ0n) is 40.5. The van der Waals surface area contributed by atoms with Crippen LogP contribution in [0.3, 0.4) is 0 Å². The zero-order valence-corrected chi connectivity index (χ0v) is 45.6. The van der Waals surface area contributed by atoms with Gasteiger partial charge in [-0.1, -0.05) is 43.0 Å². The molecule has 0 saturated carbocycles. The molecule has 3 unspecified atom stereocenters. The third-order valence-electron chi connectivity index (χ3n) is 11.4. The summed E-state index contributed by atoms with van der Waals surface area (Å²) < 4.78 is 38.0. The van der Waals surface area contributed by atoms with Gasteiger partial charge in [-0.2, -0.15) is 0 Å². The van der Waals surface area contributed by atoms with Crippen molar-refractivity contribution in [3.63, 3.8) is 0 Å². The van der Waals surface area contributed by atoms with Crippen molar-refractivity contribution in [2.75, 3.05) is 96.6 Å². The van der Waals surface area contributed by atoms with Crippen LogP contribution in [0, 0.1) is 0 Å². The minimum absolute atomic E-state index is 0. The summed E-state index contributed by atoms with van der Waals surface area (Å²) in [6.07, 6.45) is -5.29. The van der Waals surface area contributed by atoms with E-state index in [4.69, 9.17) is 11.5 Å². The molecule has 28 nitrogen and oxygen atoms in total. The number of amides is 6. The molecule has 1 aromatic carbocycles. The molecule has 2 aliphatic rings. The Morgan fingerprint density at radius 2 is 1.16 bits per heavy atom. The number of guanidine groups is 1. The van der Waals surface area contributed by atoms with E-state index in [1.165, 1.54) is 9.80 Å². The Morgan fingerprint density at radius 1 is 0.685 bits per heavy atom. The molecular weight excluding hydrogens is 1080 g/mol. The molecule has 13 N–H and O–H groups in total. The molecular formula is C41H68GaN12O16P3. The summed E-state index contributed by atoms with van der Waals surface area (Å²) in [6.45, 7) is 0.0304. The van der Waals surface area contributed by atoms with Gasteiger partial charge in [0.25, 0.3) is 0 Å². The first-order chi connectivity index (χ1) is 33.9. The van der Waals surface area contributed by atoms with Crippen LogP contribution in [0.1, 0.15) is 50.5 Å². The van der Waals surface area contributed by atoms with Crippen molar-refractivity contribution in [2.45, 2.75) is 75.5 Å². The number of unbranched alkanes of at least 4 members (excludes halogenated alkanes) is 1. The second kappa shape index (κ2) is 32.3. The summed E-state index contributed by atoms with van der Waals surface area (Å²) in [6, 6.07) is 2.61. The number of nitrogens with zero attached hydrogens (tertiary/aromatic N) is 4. The van der Waals surface area contributed by atoms with Crippen molar-refractivity contribution in [1.82, 2.24) is 46.6 Å². The van der Waals surface area contributed by atoms with E-state index in [-0.39, 0.29) is 123 Å². The Labute approximate surface area is 436 Å². The largest absolute Gasteiger partial charge is 3.00 e. The molecule has 0 radical (unpaired) electrons. The summed E-state index contributed by atoms with van der Waals surface area (Å²) in [5.74, 6) is -7.06. The van der Waals surface area contributed by atoms with Crippen LogP contribution < -0.4 is 58.7 Å². The van der Waals surface area contributed by atoms with Crippen LogP contribution in [-0.4, -0.2) is 217 Å². The number of nitrogens with one attached hydrogen (secondary N) is 6. The fourth-order valence-electron chi connectivity index (χ4n) is 7.59. The van der Waals surface area contributed by atoms with Crippen LogP contribution >= 0.6 is 22.1 Å². The van der Waals surface area contributed by atoms with Gasteiger partial charge in [0.2, 0.25) is 42.8 Å². The minimum Gasteiger partial charge on any atom is -0.847 e. The van der Waals surface area contributed by atoms with Crippen molar-refractivity contribution >= 4 is 89.3 Å². The van der Waals surface area contributed by atoms with Gasteiger partial charge in [-0.15, -0.1) is 0 Å². The molecule has 6 amide bonds. The number of benzene rings is 1. The van der Waals surface area contributed by atoms with Gasteiger partial charge in [-0.3, -0.25) is 62.2 Å². The average Bonchev–Trinajstić information content (AvgIpc) is 3.39. The van der Waals surface area contributed by atoms with Crippen molar-refractivity contribution in [3.8, 4) is 0 Å². The predicted octanol–water partition coefficient (Wildman–Crippen LogP) is -6.97. The molecule has 3 rings (SSSR count). The van der Waals surface area contributed by atoms with Gasteiger partial charge in [-0.05, 0) is 37.7 Å². The monoisotopic (exact) mass is 1140 g/mol. The van der Waals surface area contributed by atoms with Crippen molar-refractivity contribution < 1.29 is 77.3 Å². The normalized spacial score (nSPS) is 22.9. The zero-order chi connectivity index (χ0) is 53.5. The van der Waals surface area contributed by atoms with Gasteiger partial charge >= 0.3 is 19.8 Å². The third kappa shape index (κ3) is 26.2. The maximum Gasteiger partial charge on any atom is 3.00 e. The first-order valence-electron chi connectivity index (χ1n) is 23.2. The number of carboxylic acid groups (broad SMARTS) is 1. The molecule has 0 aliphatic carbocycles. The molecule has 2 aliphatic heterocycles. The number of hydrogen-bond donors (Lipinski definition) is 11. The van der Waals surface area contributed by atoms with Gasteiger partial charge in [0.15, 0.2) is 20.7 Å². The minimum atomic E-state index is -4.08. The van der Waals surface area contributed by atoms with E-state index >= 15 is 0 Å². The molecule has 2 saturated heterocycles. The third-order valence-corrected chi connectivity index (χ3v) is 15.6. The number of aliphatic carboxylic acids is 1. The van der Waals surface area contributed by atoms with Crippen molar-refractivity contribution in [3.05, 3.63) is 35.9 Å². The number of carbonyl (C=O) groups excluding carboxylic acids is 7. The summed E-state index contributed by atoms with van der Waals surface area (Å²) in [5, 5.41) is 49.2. The Hall–Kier alpha value is -4.21. The van der Waals surface area contributed by atoms with Gasteiger partial charge < -0.3 is 78.2 Å². The maximum atomic E-state index is 14.1. The molecule has 32 heteroatoms. The van der Waals surface area contributed by atoms with Gasteiger partial charge in [-0.25, -0.2) is 0 Å². The van der Waals surface area contributed by atoms with Gasteiger partial charge in [0.05, 0.1) is 25.4 Å². The number of carboxylic acids is 1. The molecule has 0 spiro atoms. The van der Waals surface area contributed by atoms with Crippen LogP contribution in [0.15, 0.2) is 35.3 Å². The number of nitrogens with two attached hydrogens (primary N) is 2. The SMILES string of the molecule is NC(N)=NCCC[C@H]1NC(=O)CNC(=O)[C@H](CC(=O)[O-])NC(=O)[C@H](Cc2ccccc2)NC(=O)[C@@H](CCCCNC(=O)CCP(=O)(O)CN2CCN(CP(=O)(O)C[O-])CCN(CP(=O)(O)C[O-])CC2)NC1=O.[67Ga+3]. The van der Waals surface area contributed by atoms with E-state index in [1.807, 2.05) is 0 Å². The molecule has 406 valence electrons. The number of aliphatic imine (C=N–C) groups is 1. The van der Waals surface area contributed by atoms with Crippen LogP contribution in [0.2, 0.25) is 0 Å². The maximum absolute atomic E-state index is 14.1. The quantitative estimate of drug-likeness (QED) is 0.0151. The summed E-state index contributed by atoms with van der Waals surface area (Å²) >= 11 is 0. The molecule has 2 heterocycles. The molecule has 7 atom stereocenters. The number of hydrogen-bond acceptors (Lipinski definition) is 17. The summed E-state index contributed by atoms with van der Waals surface area (Å²) in [7, 11) is -12.2. The Morgan fingerprint density at radius 3 is 1.68 bits per heavy atom. The fourth-order valence-corrected chi connectivity index (χ4v) is 11.2. The summed E-state index contributed by atoms with van der Waals surface area (Å²) in [4.78, 5) is 132. The van der Waals surface area contributed by atoms with E-state index in [9.17, 15) is 77.3 Å². The molecule has 1 aromatic rings. The van der Waals surface area contributed by atoms with E-state index in [1.54, 1.807) is 35.2 Å². The van der Waals surface area contributed by atoms with Crippen LogP contribution in [0.25, 0.3) is 0 Å². The van der Waals surface area contributed by atoms with E-state index in [2.05, 4.69) is 36.9 Å². The average molecular weight is 1140 g/mol. The Kier molecular flexibility index (Phi) is 28.7. The summed E-state index contributed by atoms with van der Waals surface area (Å²) in [5.41, 5.74) is 11.4. The second-order valence-corrected chi connectivity index (χ2v) is 24.5. The van der Waals surface area contributed by atoms with Crippen LogP contribution in [0.4, 0.5) is 0 Å². The van der Waals surface area contributed by atoms with Crippen LogP contribution in [0.5, 0.6) is 0 Å². The van der Waals surface area contributed by atoms with E-state index in [0.29, 0.717) is 5.56 Å². The molecule has 0 aromatic heterocycles. The van der Waals surface area contributed by atoms with E-state index in [0.717, 1.165) is 0 Å². The number of carbonyl (C=O) groups is 7. The van der Waals surface area contributed by atoms with E-state index < -0.39 is 138 Å². The fraction of sp³-hybridized carbons (Fsp3) is 0.659. The van der Waals surface area contributed by atoms with Crippen molar-refractivity contribution in [1.29, 1.82) is 0 Å². The van der Waals surface area contributed by atoms with Gasteiger partial charge in [0.1, 0.15) is 24.2 Å². The second-order valence-electron chi connectivity index (χ2n) is 17.6. The molecule has 0 bridgehead atoms. The first kappa shape index (κ1) is 64.9. The predicted molar refractivity (Wildman–Crippen MR) is 261 cm³/mol. The topological polar surface area (TPSA) is 447 Å².